The third kappa shape index (κ3) is 24.6. The van der Waals surface area contributed by atoms with E-state index in [1.54, 1.807) is 0 Å². The lowest BCUT2D eigenvalue weighted by Gasteiger charge is -2.28. The van der Waals surface area contributed by atoms with Crippen LogP contribution in [-0.4, -0.2) is 68.3 Å². The van der Waals surface area contributed by atoms with Gasteiger partial charge in [-0.05, 0) is 0 Å². The fraction of sp³-hybridized carbons (Fsp3) is 0.500. The van der Waals surface area contributed by atoms with E-state index in [0.29, 0.717) is 52.2 Å². The summed E-state index contributed by atoms with van der Waals surface area (Å²) in [6.45, 7) is -0.667. The van der Waals surface area contributed by atoms with Gasteiger partial charge in [0.05, 0.1) is 25.0 Å². The summed E-state index contributed by atoms with van der Waals surface area (Å²) in [6.07, 6.45) is -3.27. The normalized spacial score (nSPS) is 7.86. The van der Waals surface area contributed by atoms with Crippen molar-refractivity contribution in [2.24, 2.45) is 0 Å². The number of quaternary nitrogens is 4. The van der Waals surface area contributed by atoms with Gasteiger partial charge >= 0.3 is 0 Å². The summed E-state index contributed by atoms with van der Waals surface area (Å²) in [6, 6.07) is 0. The highest BCUT2D eigenvalue weighted by Gasteiger charge is 2.11. The van der Waals surface area contributed by atoms with E-state index >= 15 is 0 Å². The molecule has 0 spiro atoms. The molecular weight excluding hydrogens is 468 g/mol. The summed E-state index contributed by atoms with van der Waals surface area (Å²) in [5.74, 6) is -3.70. The number of carboxylic acids is 2. The van der Waals surface area contributed by atoms with Gasteiger partial charge in [-0.3, -0.25) is 8.61 Å². The molecule has 0 aliphatic carbocycles. The highest BCUT2D eigenvalue weighted by molar-refractivity contribution is 8.76. The Morgan fingerprint density at radius 1 is 0.607 bits per heavy atom. The van der Waals surface area contributed by atoms with Crippen molar-refractivity contribution in [3.63, 3.8) is 0 Å². The third-order valence-corrected chi connectivity index (χ3v) is 5.91. The second-order valence-corrected chi connectivity index (χ2v) is 7.69. The van der Waals surface area contributed by atoms with E-state index in [2.05, 4.69) is 0 Å². The van der Waals surface area contributed by atoms with Crippen molar-refractivity contribution in [1.29, 1.82) is 0 Å². The minimum atomic E-state index is -1.64. The predicted molar refractivity (Wildman–Crippen MR) is 105 cm³/mol. The maximum absolute atomic E-state index is 10.8. The summed E-state index contributed by atoms with van der Waals surface area (Å²) in [7, 11) is 2.41. The quantitative estimate of drug-likeness (QED) is 0.158. The van der Waals surface area contributed by atoms with Crippen LogP contribution in [-0.2, 0) is 9.59 Å². The highest BCUT2D eigenvalue weighted by atomic mass is 33.1. The summed E-state index contributed by atoms with van der Waals surface area (Å²) >= 11 is 0. The molecule has 0 rings (SSSR count). The van der Waals surface area contributed by atoms with Crippen LogP contribution < -0.4 is 45.0 Å². The number of carbonyl (C=O) groups excluding carboxylic acids is 4. The number of rotatable bonds is 11. The number of aliphatic carboxylic acids is 2. The maximum atomic E-state index is 10.8. The molecule has 0 saturated heterocycles. The van der Waals surface area contributed by atoms with E-state index < -0.39 is 35.6 Å². The van der Waals surface area contributed by atoms with Crippen LogP contribution in [0.15, 0.2) is 0 Å². The van der Waals surface area contributed by atoms with Gasteiger partial charge in [-0.2, -0.15) is 0 Å². The third-order valence-electron chi connectivity index (χ3n) is 1.55. The Morgan fingerprint density at radius 3 is 1.04 bits per heavy atom. The van der Waals surface area contributed by atoms with Crippen LogP contribution in [0, 0.1) is 0 Å². The van der Waals surface area contributed by atoms with Crippen LogP contribution in [0.25, 0.3) is 0 Å². The monoisotopic (exact) mass is 496 g/mol. The Kier molecular flexibility index (Phi) is 41.6. The van der Waals surface area contributed by atoms with E-state index in [9.17, 15) is 39.6 Å². The number of amides is 2. The molecule has 0 aromatic carbocycles. The molecule has 20 heteroatoms. The Labute approximate surface area is 176 Å². The summed E-state index contributed by atoms with van der Waals surface area (Å²) in [5, 5.41) is 42.0. The zero-order valence-corrected chi connectivity index (χ0v) is 18.9. The van der Waals surface area contributed by atoms with Gasteiger partial charge in [0.1, 0.15) is 12.2 Å². The van der Waals surface area contributed by atoms with Crippen LogP contribution in [0.1, 0.15) is 0 Å². The van der Waals surface area contributed by atoms with Gasteiger partial charge in [-0.25, -0.2) is 0 Å². The highest BCUT2D eigenvalue weighted by Crippen LogP contribution is 2.27. The molecule has 28 heavy (non-hydrogen) atoms. The molecule has 2 amide bonds. The topological polar surface area (TPSA) is 376 Å². The number of carboxylic acid groups (broad SMARTS) is 4. The van der Waals surface area contributed by atoms with E-state index in [1.165, 1.54) is 0 Å². The lowest BCUT2D eigenvalue weighted by molar-refractivity contribution is -0.302. The molecule has 0 heterocycles. The first kappa shape index (κ1) is 45.4. The van der Waals surface area contributed by atoms with Crippen molar-refractivity contribution >= 4 is 67.7 Å². The van der Waals surface area contributed by atoms with Crippen LogP contribution in [0.5, 0.6) is 0 Å². The zero-order valence-electron chi connectivity index (χ0n) is 15.6. The molecule has 0 fully saturated rings. The Balaban J connectivity index is -0.000000147. The molecule has 174 valence electrons. The molecule has 0 radical (unpaired) electrons. The Hall–Kier alpha value is -1.36. The fourth-order valence-corrected chi connectivity index (χ4v) is 4.23. The van der Waals surface area contributed by atoms with Gasteiger partial charge in [0.15, 0.2) is 0 Å². The van der Waals surface area contributed by atoms with Gasteiger partial charge in [0.25, 0.3) is 0 Å². The predicted octanol–water partition coefficient (Wildman–Crippen LogP) is -3.77. The average molecular weight is 497 g/mol. The first-order chi connectivity index (χ1) is 10.2. The molecule has 0 atom stereocenters. The molecule has 0 bridgehead atoms. The lowest BCUT2D eigenvalue weighted by Crippen LogP contribution is -2.43. The number of carbonyl (C=O) groups is 4. The average Bonchev–Trinajstić information content (AvgIpc) is 2.38. The molecule has 0 unspecified atom stereocenters. The Bertz CT molecular complexity index is 399. The summed E-state index contributed by atoms with van der Waals surface area (Å²) in [5.41, 5.74) is 0. The zero-order chi connectivity index (χ0) is 17.1. The largest absolute Gasteiger partial charge is 0.549 e. The molecule has 0 aliphatic heterocycles. The maximum Gasteiger partial charge on any atom is 0.148 e. The molecular formula is C8H28N6O10S4. The van der Waals surface area contributed by atoms with Crippen molar-refractivity contribution < 1.29 is 50.6 Å². The first-order valence-corrected chi connectivity index (χ1v) is 9.75. The van der Waals surface area contributed by atoms with E-state index in [1.807, 2.05) is 0 Å². The van der Waals surface area contributed by atoms with Gasteiger partial charge < -0.3 is 75.2 Å². The van der Waals surface area contributed by atoms with Gasteiger partial charge in [0.2, 0.25) is 0 Å². The van der Waals surface area contributed by atoms with E-state index in [-0.39, 0.29) is 48.6 Å². The molecule has 16 nitrogen and oxygen atoms in total. The van der Waals surface area contributed by atoms with Crippen molar-refractivity contribution in [3.05, 3.63) is 0 Å². The van der Waals surface area contributed by atoms with Crippen molar-refractivity contribution in [2.45, 2.75) is 0 Å². The lowest BCUT2D eigenvalue weighted by atomic mass is 10.6. The van der Waals surface area contributed by atoms with Gasteiger partial charge in [-0.15, -0.1) is 0 Å². The fourth-order valence-electron chi connectivity index (χ4n) is 0.776. The van der Waals surface area contributed by atoms with Crippen molar-refractivity contribution in [1.82, 2.24) is 33.2 Å². The van der Waals surface area contributed by atoms with Crippen molar-refractivity contribution in [2.75, 3.05) is 24.6 Å². The minimum absolute atomic E-state index is 0. The smallest absolute Gasteiger partial charge is 0.148 e. The first-order valence-electron chi connectivity index (χ1n) is 5.20. The molecule has 0 saturated carbocycles. The standard InChI is InChI=1S/C8H12N2O8S4.4H3N.2H2O/c11-5(12)3-19-21-9(7(15)16)1-2-10(8(17)18)22-20-4-6(13)14;;;;;;/h1-4H2,(H,11,12)(H,13,14)(H,15,16)(H,17,18);4*1H3;2*1H2. The molecule has 0 aromatic rings. The van der Waals surface area contributed by atoms with Gasteiger partial charge in [0, 0.05) is 33.5 Å². The number of nitrogens with zero attached hydrogens (tertiary/aromatic N) is 2. The number of hydrogen-bond acceptors (Lipinski definition) is 12. The van der Waals surface area contributed by atoms with Crippen LogP contribution in [0.3, 0.4) is 0 Å². The minimum Gasteiger partial charge on any atom is -0.549 e. The molecule has 0 aliphatic rings. The van der Waals surface area contributed by atoms with Crippen LogP contribution in [0.4, 0.5) is 9.59 Å². The van der Waals surface area contributed by atoms with Crippen LogP contribution >= 0.6 is 43.5 Å². The van der Waals surface area contributed by atoms with E-state index in [0.717, 1.165) is 0 Å². The molecule has 0 aromatic heterocycles. The SMILES string of the molecule is O.O.O=C([O-])CSSN(CCN(SSCC(=O)[O-])C(=O)[O-])C(=O)[O-].[NH4+].[NH4+].[NH4+].[NH4+]. The summed E-state index contributed by atoms with van der Waals surface area (Å²) in [4.78, 5) is 42.0. The van der Waals surface area contributed by atoms with Crippen molar-refractivity contribution in [3.8, 4) is 0 Å². The second kappa shape index (κ2) is 25.6. The van der Waals surface area contributed by atoms with Gasteiger partial charge in [-0.1, -0.05) is 21.6 Å². The Morgan fingerprint density at radius 2 is 0.857 bits per heavy atom. The second-order valence-electron chi connectivity index (χ2n) is 3.15. The van der Waals surface area contributed by atoms with E-state index in [4.69, 9.17) is 0 Å². The summed E-state index contributed by atoms with van der Waals surface area (Å²) < 4.78 is 1.24. The molecule has 20 N–H and O–H groups in total. The van der Waals surface area contributed by atoms with Crippen LogP contribution in [0.2, 0.25) is 0 Å². The number of hydrogen-bond donors (Lipinski definition) is 4.